The van der Waals surface area contributed by atoms with Gasteiger partial charge in [-0.2, -0.15) is 0 Å². The number of nitrogens with one attached hydrogen (secondary N) is 1. The Labute approximate surface area is 161 Å². The van der Waals surface area contributed by atoms with Crippen molar-refractivity contribution in [2.75, 3.05) is 5.32 Å². The highest BCUT2D eigenvalue weighted by atomic mass is 35.5. The fraction of sp³-hybridized carbons (Fsp3) is 0.409. The summed E-state index contributed by atoms with van der Waals surface area (Å²) >= 11 is 6.24. The molecule has 0 atom stereocenters. The molecule has 2 aromatic heterocycles. The van der Waals surface area contributed by atoms with Gasteiger partial charge in [0.05, 0.1) is 0 Å². The number of aryl methyl sites for hydroxylation is 1. The molecule has 3 aromatic rings. The Morgan fingerprint density at radius 3 is 2.46 bits per heavy atom. The molecule has 0 saturated heterocycles. The van der Waals surface area contributed by atoms with Crippen LogP contribution < -0.4 is 5.32 Å². The van der Waals surface area contributed by atoms with E-state index < -0.39 is 0 Å². The predicted octanol–water partition coefficient (Wildman–Crippen LogP) is 6.59. The Morgan fingerprint density at radius 1 is 1.08 bits per heavy atom. The van der Waals surface area contributed by atoms with Crippen LogP contribution >= 0.6 is 11.6 Å². The maximum atomic E-state index is 6.24. The van der Waals surface area contributed by atoms with Gasteiger partial charge in [0.2, 0.25) is 0 Å². The van der Waals surface area contributed by atoms with Crippen LogP contribution in [-0.2, 0) is 0 Å². The number of hydrogen-bond donors (Lipinski definition) is 1. The first kappa shape index (κ1) is 18.8. The molecule has 138 valence electrons. The molecule has 0 spiro atoms. The van der Waals surface area contributed by atoms with Crippen molar-refractivity contribution >= 4 is 23.1 Å². The lowest BCUT2D eigenvalue weighted by Gasteiger charge is -2.34. The number of benzene rings is 1. The molecule has 0 saturated carbocycles. The lowest BCUT2D eigenvalue weighted by atomic mass is 9.82. The average Bonchev–Trinajstić information content (AvgIpc) is 2.84. The SMILES string of the molecule is Cc1cccn2c(NC(C)(C)CC(C)(C)C)c(-c3cccc(Cl)c3)nc12. The second kappa shape index (κ2) is 6.62. The third-order valence-electron chi connectivity index (χ3n) is 4.37. The van der Waals surface area contributed by atoms with Crippen molar-refractivity contribution in [3.05, 3.63) is 53.2 Å². The molecule has 0 fully saturated rings. The van der Waals surface area contributed by atoms with Gasteiger partial charge in [0, 0.05) is 22.3 Å². The monoisotopic (exact) mass is 369 g/mol. The topological polar surface area (TPSA) is 29.3 Å². The van der Waals surface area contributed by atoms with Crippen LogP contribution in [0.3, 0.4) is 0 Å². The second-order valence-electron chi connectivity index (χ2n) is 8.95. The summed E-state index contributed by atoms with van der Waals surface area (Å²) < 4.78 is 2.15. The zero-order valence-corrected chi connectivity index (χ0v) is 17.3. The minimum Gasteiger partial charge on any atom is -0.364 e. The molecule has 0 aliphatic heterocycles. The number of imidazole rings is 1. The second-order valence-corrected chi connectivity index (χ2v) is 9.39. The zero-order valence-electron chi connectivity index (χ0n) is 16.5. The van der Waals surface area contributed by atoms with Crippen molar-refractivity contribution in [2.24, 2.45) is 5.41 Å². The minimum absolute atomic E-state index is 0.0781. The Kier molecular flexibility index (Phi) is 4.78. The van der Waals surface area contributed by atoms with Crippen LogP contribution in [0.5, 0.6) is 0 Å². The summed E-state index contributed by atoms with van der Waals surface area (Å²) in [4.78, 5) is 4.95. The van der Waals surface area contributed by atoms with Gasteiger partial charge in [-0.25, -0.2) is 4.98 Å². The molecule has 3 rings (SSSR count). The number of rotatable bonds is 4. The van der Waals surface area contributed by atoms with Crippen molar-refractivity contribution in [2.45, 2.75) is 53.5 Å². The largest absolute Gasteiger partial charge is 0.364 e. The van der Waals surface area contributed by atoms with E-state index in [1.165, 1.54) is 0 Å². The van der Waals surface area contributed by atoms with E-state index in [0.29, 0.717) is 0 Å². The third kappa shape index (κ3) is 4.04. The van der Waals surface area contributed by atoms with Crippen molar-refractivity contribution in [3.8, 4) is 11.3 Å². The minimum atomic E-state index is -0.0781. The van der Waals surface area contributed by atoms with Gasteiger partial charge in [-0.15, -0.1) is 0 Å². The lowest BCUT2D eigenvalue weighted by Crippen LogP contribution is -2.36. The first-order valence-electron chi connectivity index (χ1n) is 9.08. The van der Waals surface area contributed by atoms with Crippen LogP contribution in [0.15, 0.2) is 42.6 Å². The first-order valence-corrected chi connectivity index (χ1v) is 9.45. The van der Waals surface area contributed by atoms with Crippen LogP contribution in [0.1, 0.15) is 46.6 Å². The number of fused-ring (bicyclic) bond motifs is 1. The third-order valence-corrected chi connectivity index (χ3v) is 4.61. The van der Waals surface area contributed by atoms with E-state index >= 15 is 0 Å². The predicted molar refractivity (Wildman–Crippen MR) is 112 cm³/mol. The molecular weight excluding hydrogens is 342 g/mol. The van der Waals surface area contributed by atoms with Crippen molar-refractivity contribution in [1.82, 2.24) is 9.38 Å². The van der Waals surface area contributed by atoms with Crippen LogP contribution in [0.4, 0.5) is 5.82 Å². The molecule has 0 radical (unpaired) electrons. The molecule has 1 aromatic carbocycles. The Morgan fingerprint density at radius 2 is 1.81 bits per heavy atom. The highest BCUT2D eigenvalue weighted by molar-refractivity contribution is 6.30. The molecule has 1 N–H and O–H groups in total. The van der Waals surface area contributed by atoms with Gasteiger partial charge in [-0.05, 0) is 56.4 Å². The fourth-order valence-corrected chi connectivity index (χ4v) is 4.04. The van der Waals surface area contributed by atoms with E-state index in [1.807, 2.05) is 18.2 Å². The summed E-state index contributed by atoms with van der Waals surface area (Å²) in [5.74, 6) is 1.01. The number of pyridine rings is 1. The Bertz CT molecular complexity index is 932. The van der Waals surface area contributed by atoms with E-state index in [2.05, 4.69) is 75.7 Å². The van der Waals surface area contributed by atoms with Gasteiger partial charge >= 0.3 is 0 Å². The number of hydrogen-bond acceptors (Lipinski definition) is 2. The molecule has 3 nitrogen and oxygen atoms in total. The van der Waals surface area contributed by atoms with Crippen molar-refractivity contribution in [3.63, 3.8) is 0 Å². The summed E-state index contributed by atoms with van der Waals surface area (Å²) in [7, 11) is 0. The van der Waals surface area contributed by atoms with Gasteiger partial charge in [0.15, 0.2) is 0 Å². The average molecular weight is 370 g/mol. The molecule has 0 aliphatic carbocycles. The quantitative estimate of drug-likeness (QED) is 0.562. The summed E-state index contributed by atoms with van der Waals surface area (Å²) in [6.45, 7) is 13.4. The zero-order chi connectivity index (χ0) is 19.1. The summed E-state index contributed by atoms with van der Waals surface area (Å²) in [5.41, 5.74) is 4.22. The molecular formula is C22H28ClN3. The van der Waals surface area contributed by atoms with E-state index in [-0.39, 0.29) is 11.0 Å². The number of aromatic nitrogens is 2. The Balaban J connectivity index is 2.16. The maximum Gasteiger partial charge on any atom is 0.142 e. The smallest absolute Gasteiger partial charge is 0.142 e. The van der Waals surface area contributed by atoms with E-state index in [4.69, 9.17) is 16.6 Å². The molecule has 0 unspecified atom stereocenters. The summed E-state index contributed by atoms with van der Waals surface area (Å²) in [6, 6.07) is 12.1. The van der Waals surface area contributed by atoms with Gasteiger partial charge in [0.1, 0.15) is 17.2 Å². The van der Waals surface area contributed by atoms with Crippen LogP contribution in [0.2, 0.25) is 5.02 Å². The molecule has 0 bridgehead atoms. The standard InChI is InChI=1S/C22H28ClN3/c1-15-9-8-12-26-19(15)24-18(16-10-7-11-17(23)13-16)20(26)25-22(5,6)14-21(2,3)4/h7-13,25H,14H2,1-6H3. The number of anilines is 1. The summed E-state index contributed by atoms with van der Waals surface area (Å²) in [6.07, 6.45) is 3.10. The van der Waals surface area contributed by atoms with E-state index in [9.17, 15) is 0 Å². The first-order chi connectivity index (χ1) is 12.1. The lowest BCUT2D eigenvalue weighted by molar-refractivity contribution is 0.302. The number of halogens is 1. The van der Waals surface area contributed by atoms with Crippen LogP contribution in [0.25, 0.3) is 16.9 Å². The van der Waals surface area contributed by atoms with Gasteiger partial charge in [-0.1, -0.05) is 50.6 Å². The Hall–Kier alpha value is -2.00. The highest BCUT2D eigenvalue weighted by Crippen LogP contribution is 2.35. The number of nitrogens with zero attached hydrogens (tertiary/aromatic N) is 2. The molecule has 26 heavy (non-hydrogen) atoms. The molecule has 0 amide bonds. The van der Waals surface area contributed by atoms with Crippen molar-refractivity contribution in [1.29, 1.82) is 0 Å². The molecule has 4 heteroatoms. The molecule has 0 aliphatic rings. The van der Waals surface area contributed by atoms with Gasteiger partial charge < -0.3 is 5.32 Å². The highest BCUT2D eigenvalue weighted by Gasteiger charge is 2.28. The van der Waals surface area contributed by atoms with E-state index in [1.54, 1.807) is 0 Å². The van der Waals surface area contributed by atoms with Crippen LogP contribution in [-0.4, -0.2) is 14.9 Å². The van der Waals surface area contributed by atoms with Crippen molar-refractivity contribution < 1.29 is 0 Å². The maximum absolute atomic E-state index is 6.24. The normalized spacial score (nSPS) is 12.6. The fourth-order valence-electron chi connectivity index (χ4n) is 3.85. The van der Waals surface area contributed by atoms with E-state index in [0.717, 1.165) is 39.7 Å². The van der Waals surface area contributed by atoms with Crippen LogP contribution in [0, 0.1) is 12.3 Å². The molecule has 2 heterocycles. The summed E-state index contributed by atoms with van der Waals surface area (Å²) in [5, 5.41) is 4.49. The van der Waals surface area contributed by atoms with Gasteiger partial charge in [-0.3, -0.25) is 4.40 Å². The van der Waals surface area contributed by atoms with Gasteiger partial charge in [0.25, 0.3) is 0 Å².